The molecule has 0 aromatic rings. The Bertz CT molecular complexity index is 215. The Morgan fingerprint density at radius 3 is 2.76 bits per heavy atom. The summed E-state index contributed by atoms with van der Waals surface area (Å²) in [5.41, 5.74) is 0. The van der Waals surface area contributed by atoms with Crippen LogP contribution in [-0.4, -0.2) is 38.3 Å². The molecule has 0 unspecified atom stereocenters. The van der Waals surface area contributed by atoms with Crippen LogP contribution in [0.15, 0.2) is 0 Å². The molecule has 2 N–H and O–H groups in total. The fraction of sp³-hybridized carbons (Fsp3) is 0.923. The van der Waals surface area contributed by atoms with E-state index < -0.39 is 0 Å². The van der Waals surface area contributed by atoms with Crippen LogP contribution in [0.4, 0.5) is 0 Å². The lowest BCUT2D eigenvalue weighted by molar-refractivity contribution is -0.120. The second-order valence-corrected chi connectivity index (χ2v) is 5.05. The van der Waals surface area contributed by atoms with Crippen molar-refractivity contribution in [3.63, 3.8) is 0 Å². The second kappa shape index (κ2) is 8.48. The van der Waals surface area contributed by atoms with E-state index in [1.165, 1.54) is 12.8 Å². The normalized spacial score (nSPS) is 15.2. The maximum absolute atomic E-state index is 11.4. The number of unbranched alkanes of at least 4 members (excludes halogenated alkanes) is 1. The second-order valence-electron chi connectivity index (χ2n) is 5.05. The van der Waals surface area contributed by atoms with Crippen molar-refractivity contribution >= 4 is 5.91 Å². The lowest BCUT2D eigenvalue weighted by Gasteiger charge is -2.08. The molecule has 0 radical (unpaired) electrons. The maximum Gasteiger partial charge on any atom is 0.233 e. The number of hydrogen-bond donors (Lipinski definition) is 2. The molecule has 17 heavy (non-hydrogen) atoms. The molecule has 0 aliphatic heterocycles. The highest BCUT2D eigenvalue weighted by molar-refractivity contribution is 5.77. The number of rotatable bonds is 10. The molecule has 1 fully saturated rings. The molecule has 0 spiro atoms. The van der Waals surface area contributed by atoms with Gasteiger partial charge in [-0.1, -0.05) is 0 Å². The smallest absolute Gasteiger partial charge is 0.233 e. The third kappa shape index (κ3) is 9.12. The van der Waals surface area contributed by atoms with Gasteiger partial charge in [-0.05, 0) is 52.0 Å². The summed E-state index contributed by atoms with van der Waals surface area (Å²) in [6, 6.07) is 0. The minimum atomic E-state index is 0.107. The van der Waals surface area contributed by atoms with Gasteiger partial charge in [-0.25, -0.2) is 0 Å². The van der Waals surface area contributed by atoms with Crippen LogP contribution in [0.25, 0.3) is 0 Å². The quantitative estimate of drug-likeness (QED) is 0.568. The van der Waals surface area contributed by atoms with E-state index in [4.69, 9.17) is 4.74 Å². The van der Waals surface area contributed by atoms with Crippen molar-refractivity contribution in [2.75, 3.05) is 26.2 Å². The number of ether oxygens (including phenoxy) is 1. The van der Waals surface area contributed by atoms with Gasteiger partial charge in [-0.3, -0.25) is 4.79 Å². The first-order chi connectivity index (χ1) is 8.18. The Kier molecular flexibility index (Phi) is 7.21. The first-order valence-electron chi connectivity index (χ1n) is 6.77. The zero-order valence-electron chi connectivity index (χ0n) is 11.1. The van der Waals surface area contributed by atoms with Crippen LogP contribution in [0.2, 0.25) is 0 Å². The summed E-state index contributed by atoms with van der Waals surface area (Å²) in [6.45, 7) is 7.06. The van der Waals surface area contributed by atoms with E-state index in [9.17, 15) is 4.79 Å². The molecular formula is C13H26N2O2. The standard InChI is InChI=1S/C13H26N2O2/c1-11(2)17-8-4-3-7-15-13(16)10-14-9-12-5-6-12/h11-12,14H,3-10H2,1-2H3,(H,15,16). The van der Waals surface area contributed by atoms with E-state index in [1.54, 1.807) is 0 Å². The molecular weight excluding hydrogens is 216 g/mol. The highest BCUT2D eigenvalue weighted by Crippen LogP contribution is 2.27. The highest BCUT2D eigenvalue weighted by atomic mass is 16.5. The van der Waals surface area contributed by atoms with E-state index in [0.29, 0.717) is 12.6 Å². The summed E-state index contributed by atoms with van der Waals surface area (Å²) in [7, 11) is 0. The molecule has 1 amide bonds. The molecule has 100 valence electrons. The Labute approximate surface area is 104 Å². The lowest BCUT2D eigenvalue weighted by atomic mass is 10.3. The molecule has 0 atom stereocenters. The SMILES string of the molecule is CC(C)OCCCCNC(=O)CNCC1CC1. The average Bonchev–Trinajstić information content (AvgIpc) is 3.06. The molecule has 1 aliphatic carbocycles. The van der Waals surface area contributed by atoms with Crippen LogP contribution in [0.1, 0.15) is 39.5 Å². The van der Waals surface area contributed by atoms with Crippen molar-refractivity contribution in [2.45, 2.75) is 45.6 Å². The van der Waals surface area contributed by atoms with E-state index in [0.717, 1.165) is 38.5 Å². The van der Waals surface area contributed by atoms with E-state index in [2.05, 4.69) is 10.6 Å². The van der Waals surface area contributed by atoms with E-state index >= 15 is 0 Å². The van der Waals surface area contributed by atoms with Gasteiger partial charge in [0.1, 0.15) is 0 Å². The number of hydrogen-bond acceptors (Lipinski definition) is 3. The molecule has 1 rings (SSSR count). The van der Waals surface area contributed by atoms with Crippen LogP contribution < -0.4 is 10.6 Å². The zero-order chi connectivity index (χ0) is 12.5. The van der Waals surface area contributed by atoms with Crippen molar-refractivity contribution in [3.05, 3.63) is 0 Å². The largest absolute Gasteiger partial charge is 0.379 e. The summed E-state index contributed by atoms with van der Waals surface area (Å²) in [5.74, 6) is 0.936. The minimum absolute atomic E-state index is 0.107. The third-order valence-corrected chi connectivity index (χ3v) is 2.76. The first kappa shape index (κ1) is 14.5. The summed E-state index contributed by atoms with van der Waals surface area (Å²) in [5, 5.41) is 6.09. The maximum atomic E-state index is 11.4. The molecule has 0 aromatic heterocycles. The summed E-state index contributed by atoms with van der Waals surface area (Å²) < 4.78 is 5.42. The molecule has 0 heterocycles. The average molecular weight is 242 g/mol. The van der Waals surface area contributed by atoms with Gasteiger partial charge in [0.05, 0.1) is 12.6 Å². The van der Waals surface area contributed by atoms with Gasteiger partial charge in [-0.15, -0.1) is 0 Å². The minimum Gasteiger partial charge on any atom is -0.379 e. The van der Waals surface area contributed by atoms with Gasteiger partial charge >= 0.3 is 0 Å². The number of carbonyl (C=O) groups is 1. The number of carbonyl (C=O) groups excluding carboxylic acids is 1. The first-order valence-corrected chi connectivity index (χ1v) is 6.77. The molecule has 4 heteroatoms. The van der Waals surface area contributed by atoms with Gasteiger partial charge in [0.2, 0.25) is 5.91 Å². The molecule has 1 saturated carbocycles. The van der Waals surface area contributed by atoms with Gasteiger partial charge in [-0.2, -0.15) is 0 Å². The molecule has 0 bridgehead atoms. The van der Waals surface area contributed by atoms with Crippen LogP contribution in [0.3, 0.4) is 0 Å². The Morgan fingerprint density at radius 1 is 1.35 bits per heavy atom. The van der Waals surface area contributed by atoms with Crippen LogP contribution in [0.5, 0.6) is 0 Å². The van der Waals surface area contributed by atoms with E-state index in [-0.39, 0.29) is 5.91 Å². The van der Waals surface area contributed by atoms with Gasteiger partial charge in [0, 0.05) is 13.2 Å². The van der Waals surface area contributed by atoms with Crippen molar-refractivity contribution in [1.29, 1.82) is 0 Å². The van der Waals surface area contributed by atoms with Crippen molar-refractivity contribution < 1.29 is 9.53 Å². The highest BCUT2D eigenvalue weighted by Gasteiger charge is 2.20. The Morgan fingerprint density at radius 2 is 2.12 bits per heavy atom. The Balaban J connectivity index is 1.79. The van der Waals surface area contributed by atoms with E-state index in [1.807, 2.05) is 13.8 Å². The zero-order valence-corrected chi connectivity index (χ0v) is 11.1. The Hall–Kier alpha value is -0.610. The molecule has 0 aromatic carbocycles. The molecule has 0 saturated heterocycles. The topological polar surface area (TPSA) is 50.4 Å². The summed E-state index contributed by atoms with van der Waals surface area (Å²) in [6.07, 6.45) is 4.94. The molecule has 1 aliphatic rings. The van der Waals surface area contributed by atoms with Gasteiger partial charge in [0.25, 0.3) is 0 Å². The predicted molar refractivity (Wildman–Crippen MR) is 68.9 cm³/mol. The van der Waals surface area contributed by atoms with Crippen LogP contribution >= 0.6 is 0 Å². The van der Waals surface area contributed by atoms with Crippen molar-refractivity contribution in [3.8, 4) is 0 Å². The van der Waals surface area contributed by atoms with Gasteiger partial charge in [0.15, 0.2) is 0 Å². The van der Waals surface area contributed by atoms with Crippen LogP contribution in [0, 0.1) is 5.92 Å². The number of nitrogens with one attached hydrogen (secondary N) is 2. The van der Waals surface area contributed by atoms with Crippen molar-refractivity contribution in [1.82, 2.24) is 10.6 Å². The summed E-state index contributed by atoms with van der Waals surface area (Å²) >= 11 is 0. The monoisotopic (exact) mass is 242 g/mol. The van der Waals surface area contributed by atoms with Crippen molar-refractivity contribution in [2.24, 2.45) is 5.92 Å². The van der Waals surface area contributed by atoms with Gasteiger partial charge < -0.3 is 15.4 Å². The fourth-order valence-corrected chi connectivity index (χ4v) is 1.55. The summed E-state index contributed by atoms with van der Waals surface area (Å²) in [4.78, 5) is 11.4. The van der Waals surface area contributed by atoms with Crippen LogP contribution in [-0.2, 0) is 9.53 Å². The fourth-order valence-electron chi connectivity index (χ4n) is 1.55. The lowest BCUT2D eigenvalue weighted by Crippen LogP contribution is -2.35. The predicted octanol–water partition coefficient (Wildman–Crippen LogP) is 1.31. The molecule has 4 nitrogen and oxygen atoms in total. The third-order valence-electron chi connectivity index (χ3n) is 2.76. The number of amides is 1.